The van der Waals surface area contributed by atoms with Crippen molar-refractivity contribution in [3.8, 4) is 10.6 Å². The largest absolute Gasteiger partial charge is 0.304 e. The highest BCUT2D eigenvalue weighted by Gasteiger charge is 2.12. The van der Waals surface area contributed by atoms with Crippen LogP contribution in [-0.4, -0.2) is 30.3 Å². The summed E-state index contributed by atoms with van der Waals surface area (Å²) >= 11 is 7.40. The molecule has 0 aliphatic heterocycles. The van der Waals surface area contributed by atoms with Crippen LogP contribution in [0.15, 0.2) is 24.3 Å². The number of hydrogen-bond acceptors (Lipinski definition) is 4. The number of benzene rings is 1. The number of carbonyl (C=O) groups excluding carboxylic acids is 1. The van der Waals surface area contributed by atoms with E-state index in [0.717, 1.165) is 28.3 Å². The first-order chi connectivity index (χ1) is 8.60. The Balaban J connectivity index is 2.37. The lowest BCUT2D eigenvalue weighted by molar-refractivity contribution is 0.111. The van der Waals surface area contributed by atoms with Crippen molar-refractivity contribution in [3.63, 3.8) is 0 Å². The molecule has 94 valence electrons. The van der Waals surface area contributed by atoms with Gasteiger partial charge in [0.15, 0.2) is 6.29 Å². The van der Waals surface area contributed by atoms with Gasteiger partial charge in [0.05, 0.1) is 0 Å². The van der Waals surface area contributed by atoms with E-state index >= 15 is 0 Å². The highest BCUT2D eigenvalue weighted by atomic mass is 35.5. The maximum Gasteiger partial charge on any atom is 0.169 e. The second kappa shape index (κ2) is 5.61. The van der Waals surface area contributed by atoms with Crippen LogP contribution in [0.25, 0.3) is 10.6 Å². The molecule has 0 aliphatic carbocycles. The van der Waals surface area contributed by atoms with Crippen molar-refractivity contribution in [2.45, 2.75) is 6.54 Å². The standard InChI is InChI=1S/C13H13ClN2OS/c1-16(2)7-12-11(8-17)15-13(18-12)9-3-5-10(14)6-4-9/h3-6,8H,7H2,1-2H3. The average Bonchev–Trinajstić information content (AvgIpc) is 2.72. The normalized spacial score (nSPS) is 10.9. The van der Waals surface area contributed by atoms with Gasteiger partial charge in [0, 0.05) is 22.0 Å². The Hall–Kier alpha value is -1.23. The second-order valence-corrected chi connectivity index (χ2v) is 5.71. The van der Waals surface area contributed by atoms with Crippen LogP contribution in [0.1, 0.15) is 15.4 Å². The van der Waals surface area contributed by atoms with Crippen LogP contribution < -0.4 is 0 Å². The van der Waals surface area contributed by atoms with Gasteiger partial charge in [-0.25, -0.2) is 4.98 Å². The van der Waals surface area contributed by atoms with Crippen LogP contribution in [-0.2, 0) is 6.54 Å². The molecule has 3 nitrogen and oxygen atoms in total. The van der Waals surface area contributed by atoms with Crippen molar-refractivity contribution < 1.29 is 4.79 Å². The van der Waals surface area contributed by atoms with Gasteiger partial charge in [0.25, 0.3) is 0 Å². The fraction of sp³-hybridized carbons (Fsp3) is 0.231. The summed E-state index contributed by atoms with van der Waals surface area (Å²) in [5.41, 5.74) is 1.51. The SMILES string of the molecule is CN(C)Cc1sc(-c2ccc(Cl)cc2)nc1C=O. The maximum absolute atomic E-state index is 11.0. The van der Waals surface area contributed by atoms with Gasteiger partial charge < -0.3 is 4.90 Å². The number of thiazole rings is 1. The Kier molecular flexibility index (Phi) is 4.11. The molecule has 0 N–H and O–H groups in total. The molecule has 0 bridgehead atoms. The molecular formula is C13H13ClN2OS. The number of aldehydes is 1. The van der Waals surface area contributed by atoms with Crippen LogP contribution in [0, 0.1) is 0 Å². The van der Waals surface area contributed by atoms with Gasteiger partial charge in [-0.2, -0.15) is 0 Å². The highest BCUT2D eigenvalue weighted by Crippen LogP contribution is 2.29. The molecule has 0 fully saturated rings. The first-order valence-corrected chi connectivity index (χ1v) is 6.65. The summed E-state index contributed by atoms with van der Waals surface area (Å²) in [5, 5.41) is 1.55. The number of aromatic nitrogens is 1. The summed E-state index contributed by atoms with van der Waals surface area (Å²) in [4.78, 5) is 18.4. The fourth-order valence-corrected chi connectivity index (χ4v) is 2.85. The minimum atomic E-state index is 0.527. The third-order valence-corrected chi connectivity index (χ3v) is 3.75. The fourth-order valence-electron chi connectivity index (χ4n) is 1.57. The summed E-state index contributed by atoms with van der Waals surface area (Å²) in [5.74, 6) is 0. The Bertz CT molecular complexity index is 549. The minimum Gasteiger partial charge on any atom is -0.304 e. The van der Waals surface area contributed by atoms with Gasteiger partial charge in [0.1, 0.15) is 10.7 Å². The molecule has 1 aromatic carbocycles. The summed E-state index contributed by atoms with van der Waals surface area (Å²) in [6.07, 6.45) is 0.814. The summed E-state index contributed by atoms with van der Waals surface area (Å²) < 4.78 is 0. The Labute approximate surface area is 115 Å². The first kappa shape index (κ1) is 13.2. The van der Waals surface area contributed by atoms with Crippen molar-refractivity contribution >= 4 is 29.2 Å². The van der Waals surface area contributed by atoms with E-state index in [1.54, 1.807) is 11.3 Å². The van der Waals surface area contributed by atoms with E-state index in [1.165, 1.54) is 0 Å². The zero-order chi connectivity index (χ0) is 13.1. The lowest BCUT2D eigenvalue weighted by atomic mass is 10.2. The monoisotopic (exact) mass is 280 g/mol. The quantitative estimate of drug-likeness (QED) is 0.806. The number of rotatable bonds is 4. The van der Waals surface area contributed by atoms with Crippen molar-refractivity contribution in [2.75, 3.05) is 14.1 Å². The summed E-state index contributed by atoms with van der Waals surface area (Å²) in [7, 11) is 3.94. The predicted octanol–water partition coefficient (Wildman–Crippen LogP) is 3.34. The highest BCUT2D eigenvalue weighted by molar-refractivity contribution is 7.15. The molecule has 2 rings (SSSR count). The molecular weight excluding hydrogens is 268 g/mol. The van der Waals surface area contributed by atoms with E-state index in [2.05, 4.69) is 4.98 Å². The third-order valence-electron chi connectivity index (χ3n) is 2.39. The zero-order valence-corrected chi connectivity index (χ0v) is 11.8. The summed E-state index contributed by atoms with van der Waals surface area (Å²) in [6.45, 7) is 0.722. The van der Waals surface area contributed by atoms with Crippen molar-refractivity contribution in [2.24, 2.45) is 0 Å². The molecule has 1 aromatic heterocycles. The van der Waals surface area contributed by atoms with Crippen LogP contribution in [0.3, 0.4) is 0 Å². The second-order valence-electron chi connectivity index (χ2n) is 4.19. The average molecular weight is 281 g/mol. The topological polar surface area (TPSA) is 33.2 Å². The van der Waals surface area contributed by atoms with Gasteiger partial charge in [-0.15, -0.1) is 11.3 Å². The number of carbonyl (C=O) groups is 1. The van der Waals surface area contributed by atoms with E-state index < -0.39 is 0 Å². The smallest absolute Gasteiger partial charge is 0.169 e. The Morgan fingerprint density at radius 1 is 1.33 bits per heavy atom. The molecule has 0 saturated carbocycles. The molecule has 0 saturated heterocycles. The minimum absolute atomic E-state index is 0.527. The molecule has 0 amide bonds. The van der Waals surface area contributed by atoms with Crippen molar-refractivity contribution in [1.82, 2.24) is 9.88 Å². The molecule has 0 atom stereocenters. The lowest BCUT2D eigenvalue weighted by Crippen LogP contribution is -2.10. The summed E-state index contributed by atoms with van der Waals surface area (Å²) in [6, 6.07) is 7.47. The first-order valence-electron chi connectivity index (χ1n) is 5.45. The molecule has 1 heterocycles. The molecule has 0 spiro atoms. The maximum atomic E-state index is 11.0. The van der Waals surface area contributed by atoms with Crippen LogP contribution in [0.4, 0.5) is 0 Å². The molecule has 0 unspecified atom stereocenters. The number of hydrogen-bond donors (Lipinski definition) is 0. The Morgan fingerprint density at radius 3 is 2.56 bits per heavy atom. The van der Waals surface area contributed by atoms with Gasteiger partial charge in [-0.3, -0.25) is 4.79 Å². The van der Waals surface area contributed by atoms with Crippen LogP contribution in [0.2, 0.25) is 5.02 Å². The van der Waals surface area contributed by atoms with E-state index in [4.69, 9.17) is 11.6 Å². The van der Waals surface area contributed by atoms with Gasteiger partial charge in [0.2, 0.25) is 0 Å². The Morgan fingerprint density at radius 2 is 2.00 bits per heavy atom. The lowest BCUT2D eigenvalue weighted by Gasteiger charge is -2.06. The van der Waals surface area contributed by atoms with Gasteiger partial charge in [-0.05, 0) is 26.2 Å². The molecule has 5 heteroatoms. The van der Waals surface area contributed by atoms with E-state index in [9.17, 15) is 4.79 Å². The van der Waals surface area contributed by atoms with Crippen molar-refractivity contribution in [3.05, 3.63) is 39.9 Å². The molecule has 0 radical (unpaired) electrons. The van der Waals surface area contributed by atoms with Crippen molar-refractivity contribution in [1.29, 1.82) is 0 Å². The number of nitrogens with zero attached hydrogens (tertiary/aromatic N) is 2. The van der Waals surface area contributed by atoms with Crippen LogP contribution >= 0.6 is 22.9 Å². The van der Waals surface area contributed by atoms with E-state index in [1.807, 2.05) is 43.3 Å². The van der Waals surface area contributed by atoms with E-state index in [-0.39, 0.29) is 0 Å². The third kappa shape index (κ3) is 2.96. The molecule has 18 heavy (non-hydrogen) atoms. The molecule has 0 aliphatic rings. The van der Waals surface area contributed by atoms with Gasteiger partial charge >= 0.3 is 0 Å². The van der Waals surface area contributed by atoms with E-state index in [0.29, 0.717) is 10.7 Å². The zero-order valence-electron chi connectivity index (χ0n) is 10.2. The number of halogens is 1. The van der Waals surface area contributed by atoms with Gasteiger partial charge in [-0.1, -0.05) is 23.7 Å². The molecule has 2 aromatic rings. The predicted molar refractivity (Wildman–Crippen MR) is 75.3 cm³/mol. The van der Waals surface area contributed by atoms with Crippen LogP contribution in [0.5, 0.6) is 0 Å².